The van der Waals surface area contributed by atoms with Crippen LogP contribution in [0.15, 0.2) is 65.1 Å². The van der Waals surface area contributed by atoms with E-state index in [2.05, 4.69) is 96.2 Å². The van der Waals surface area contributed by atoms with Gasteiger partial charge in [-0.15, -0.1) is 0 Å². The first kappa shape index (κ1) is 23.7. The predicted molar refractivity (Wildman–Crippen MR) is 117 cm³/mol. The third kappa shape index (κ3) is 8.47. The Morgan fingerprint density at radius 1 is 0.926 bits per heavy atom. The van der Waals surface area contributed by atoms with Crippen LogP contribution in [-0.2, 0) is 0 Å². The van der Waals surface area contributed by atoms with Crippen LogP contribution in [0, 0.1) is 11.8 Å². The molecule has 0 heterocycles. The highest BCUT2D eigenvalue weighted by molar-refractivity contribution is 9.10. The van der Waals surface area contributed by atoms with Crippen molar-refractivity contribution in [2.24, 2.45) is 0 Å². The summed E-state index contributed by atoms with van der Waals surface area (Å²) >= 11 is 3.48. The molecular weight excluding hydrogens is 462 g/mol. The molecule has 27 heavy (non-hydrogen) atoms. The second kappa shape index (κ2) is 12.9. The van der Waals surface area contributed by atoms with E-state index in [1.165, 1.54) is 31.5 Å². The molecule has 0 aliphatic carbocycles. The Morgan fingerprint density at radius 3 is 2.15 bits per heavy atom. The average molecular weight is 491 g/mol. The number of hydrogen-bond donors (Lipinski definition) is 0. The molecule has 2 aromatic carbocycles. The minimum atomic E-state index is 0. The third-order valence-corrected chi connectivity index (χ3v) is 5.02. The number of rotatable bonds is 8. The average Bonchev–Trinajstić information content (AvgIpc) is 2.65. The van der Waals surface area contributed by atoms with Gasteiger partial charge < -0.3 is 21.5 Å². The lowest BCUT2D eigenvalue weighted by Gasteiger charge is -2.36. The lowest BCUT2D eigenvalue weighted by atomic mass is 10.2. The topological polar surface area (TPSA) is 0 Å². The number of quaternary nitrogens is 1. The maximum Gasteiger partial charge on any atom is 0.141 e. The van der Waals surface area contributed by atoms with Crippen LogP contribution in [0.2, 0.25) is 0 Å². The summed E-state index contributed by atoms with van der Waals surface area (Å²) in [5, 5.41) is 0. The van der Waals surface area contributed by atoms with Crippen molar-refractivity contribution in [3.05, 3.63) is 76.3 Å². The van der Waals surface area contributed by atoms with Crippen molar-refractivity contribution < 1.29 is 21.5 Å². The van der Waals surface area contributed by atoms with Crippen molar-refractivity contribution in [2.75, 3.05) is 26.2 Å². The van der Waals surface area contributed by atoms with E-state index >= 15 is 0 Å². The van der Waals surface area contributed by atoms with Crippen LogP contribution >= 0.6 is 15.9 Å². The summed E-state index contributed by atoms with van der Waals surface area (Å²) in [6, 6.07) is 18.8. The standard InChI is InChI=1S/C24H29BrN.BrH/c1-3-18-26(19-4-2,20-8-12-22-10-6-5-7-11-22)21-9-13-23-14-16-24(25)17-15-23;/h5-8,10-12,14-17H,3-4,18-21H2,1-2H3;1H/q+1;/p-1. The summed E-state index contributed by atoms with van der Waals surface area (Å²) < 4.78 is 2.14. The van der Waals surface area contributed by atoms with Crippen LogP contribution in [0.4, 0.5) is 0 Å². The molecule has 0 spiro atoms. The summed E-state index contributed by atoms with van der Waals surface area (Å²) in [5.41, 5.74) is 2.35. The molecule has 0 unspecified atom stereocenters. The molecule has 0 saturated carbocycles. The Hall–Kier alpha value is -1.34. The van der Waals surface area contributed by atoms with Crippen LogP contribution < -0.4 is 17.0 Å². The van der Waals surface area contributed by atoms with Crippen LogP contribution in [0.25, 0.3) is 6.08 Å². The van der Waals surface area contributed by atoms with Crippen LogP contribution in [0.3, 0.4) is 0 Å². The fourth-order valence-electron chi connectivity index (χ4n) is 3.28. The van der Waals surface area contributed by atoms with Gasteiger partial charge in [0.2, 0.25) is 0 Å². The van der Waals surface area contributed by atoms with Crippen molar-refractivity contribution in [1.82, 2.24) is 0 Å². The maximum atomic E-state index is 3.48. The fourth-order valence-corrected chi connectivity index (χ4v) is 3.55. The second-order valence-electron chi connectivity index (χ2n) is 6.75. The van der Waals surface area contributed by atoms with Crippen molar-refractivity contribution in [3.63, 3.8) is 0 Å². The van der Waals surface area contributed by atoms with Gasteiger partial charge in [-0.1, -0.05) is 72.1 Å². The molecular formula is C24H29Br2N. The van der Waals surface area contributed by atoms with Gasteiger partial charge in [-0.3, -0.25) is 0 Å². The summed E-state index contributed by atoms with van der Waals surface area (Å²) in [6.07, 6.45) is 6.92. The van der Waals surface area contributed by atoms with Gasteiger partial charge >= 0.3 is 0 Å². The number of nitrogens with zero attached hydrogens (tertiary/aromatic N) is 1. The molecule has 0 aromatic heterocycles. The zero-order valence-corrected chi connectivity index (χ0v) is 19.5. The molecule has 0 N–H and O–H groups in total. The van der Waals surface area contributed by atoms with E-state index in [1.54, 1.807) is 0 Å². The second-order valence-corrected chi connectivity index (χ2v) is 7.67. The molecule has 0 fully saturated rings. The van der Waals surface area contributed by atoms with Gasteiger partial charge in [0.25, 0.3) is 0 Å². The quantitative estimate of drug-likeness (QED) is 0.394. The van der Waals surface area contributed by atoms with E-state index in [0.717, 1.165) is 27.6 Å². The summed E-state index contributed by atoms with van der Waals surface area (Å²) in [5.74, 6) is 6.79. The fraction of sp³-hybridized carbons (Fsp3) is 0.333. The van der Waals surface area contributed by atoms with Gasteiger partial charge in [-0.05, 0) is 54.7 Å². The maximum absolute atomic E-state index is 3.48. The van der Waals surface area contributed by atoms with Gasteiger partial charge in [0, 0.05) is 10.0 Å². The third-order valence-electron chi connectivity index (χ3n) is 4.49. The molecule has 0 amide bonds. The lowest BCUT2D eigenvalue weighted by Crippen LogP contribution is -3.00. The van der Waals surface area contributed by atoms with Gasteiger partial charge in [0.1, 0.15) is 6.54 Å². The Morgan fingerprint density at radius 2 is 1.56 bits per heavy atom. The molecule has 0 aliphatic rings. The number of halogens is 2. The molecule has 2 rings (SSSR count). The largest absolute Gasteiger partial charge is 1.00 e. The molecule has 0 bridgehead atoms. The monoisotopic (exact) mass is 489 g/mol. The predicted octanol–water partition coefficient (Wildman–Crippen LogP) is 3.15. The van der Waals surface area contributed by atoms with E-state index < -0.39 is 0 Å². The lowest BCUT2D eigenvalue weighted by molar-refractivity contribution is -0.916. The van der Waals surface area contributed by atoms with E-state index in [0.29, 0.717) is 0 Å². The van der Waals surface area contributed by atoms with E-state index in [4.69, 9.17) is 0 Å². The Bertz CT molecular complexity index is 733. The summed E-state index contributed by atoms with van der Waals surface area (Å²) in [6.45, 7) is 8.81. The van der Waals surface area contributed by atoms with Gasteiger partial charge in [0.15, 0.2) is 0 Å². The molecule has 0 aliphatic heterocycles. The molecule has 3 heteroatoms. The SMILES string of the molecule is CCC[N+](CC#Cc1ccc(Br)cc1)(CC=Cc1ccccc1)CCC.[Br-]. The van der Waals surface area contributed by atoms with Crippen LogP contribution in [0.1, 0.15) is 37.8 Å². The molecule has 1 nitrogen and oxygen atoms in total. The smallest absolute Gasteiger partial charge is 0.141 e. The Labute approximate surface area is 184 Å². The highest BCUT2D eigenvalue weighted by atomic mass is 79.9. The Kier molecular flexibility index (Phi) is 11.4. The van der Waals surface area contributed by atoms with Crippen LogP contribution in [0.5, 0.6) is 0 Å². The summed E-state index contributed by atoms with van der Waals surface area (Å²) in [7, 11) is 0. The molecule has 2 aromatic rings. The van der Waals surface area contributed by atoms with Crippen molar-refractivity contribution in [3.8, 4) is 11.8 Å². The normalized spacial score (nSPS) is 10.9. The van der Waals surface area contributed by atoms with E-state index in [-0.39, 0.29) is 17.0 Å². The van der Waals surface area contributed by atoms with Crippen molar-refractivity contribution in [2.45, 2.75) is 26.7 Å². The minimum Gasteiger partial charge on any atom is -1.00 e. The first-order chi connectivity index (χ1) is 12.7. The molecule has 0 radical (unpaired) electrons. The molecule has 0 saturated heterocycles. The highest BCUT2D eigenvalue weighted by Crippen LogP contribution is 2.13. The first-order valence-corrected chi connectivity index (χ1v) is 10.3. The summed E-state index contributed by atoms with van der Waals surface area (Å²) in [4.78, 5) is 0. The minimum absolute atomic E-state index is 0. The van der Waals surface area contributed by atoms with Gasteiger partial charge in [-0.2, -0.15) is 0 Å². The van der Waals surface area contributed by atoms with Gasteiger partial charge in [0.05, 0.1) is 19.6 Å². The van der Waals surface area contributed by atoms with E-state index in [9.17, 15) is 0 Å². The zero-order valence-electron chi connectivity index (χ0n) is 16.3. The molecule has 0 atom stereocenters. The van der Waals surface area contributed by atoms with Crippen molar-refractivity contribution >= 4 is 22.0 Å². The highest BCUT2D eigenvalue weighted by Gasteiger charge is 2.22. The Balaban J connectivity index is 0.00000364. The van der Waals surface area contributed by atoms with Gasteiger partial charge in [-0.25, -0.2) is 0 Å². The first-order valence-electron chi connectivity index (χ1n) is 9.48. The zero-order chi connectivity index (χ0) is 18.7. The van der Waals surface area contributed by atoms with Crippen LogP contribution in [-0.4, -0.2) is 30.7 Å². The number of hydrogen-bond acceptors (Lipinski definition) is 0. The number of benzene rings is 2. The van der Waals surface area contributed by atoms with E-state index in [1.807, 2.05) is 12.1 Å². The van der Waals surface area contributed by atoms with Crippen molar-refractivity contribution in [1.29, 1.82) is 0 Å². The molecule has 144 valence electrons.